The number of rotatable bonds is 6. The van der Waals surface area contributed by atoms with Gasteiger partial charge in [0.25, 0.3) is 11.7 Å². The van der Waals surface area contributed by atoms with Crippen molar-refractivity contribution in [2.75, 3.05) is 6.61 Å². The Labute approximate surface area is 188 Å². The van der Waals surface area contributed by atoms with E-state index < -0.39 is 17.7 Å². The van der Waals surface area contributed by atoms with Gasteiger partial charge in [-0.3, -0.25) is 9.59 Å². The smallest absolute Gasteiger partial charge is 0.295 e. The number of aromatic hydroxyl groups is 1. The number of phenols is 1. The van der Waals surface area contributed by atoms with Crippen LogP contribution in [-0.4, -0.2) is 39.5 Å². The van der Waals surface area contributed by atoms with E-state index in [1.165, 1.54) is 0 Å². The van der Waals surface area contributed by atoms with Crippen LogP contribution in [0.25, 0.3) is 5.76 Å². The SMILES string of the molecule is CC(C)COc1cccc(/C(O)=C2/C(=O)C(=O)N(C3CCCC3)C2c2cccc(O)c2)c1. The highest BCUT2D eigenvalue weighted by Gasteiger charge is 2.49. The van der Waals surface area contributed by atoms with E-state index in [0.717, 1.165) is 25.7 Å². The Morgan fingerprint density at radius 3 is 2.50 bits per heavy atom. The summed E-state index contributed by atoms with van der Waals surface area (Å²) in [6.07, 6.45) is 3.63. The Kier molecular flexibility index (Phi) is 6.21. The number of nitrogens with zero attached hydrogens (tertiary/aromatic N) is 1. The first-order valence-corrected chi connectivity index (χ1v) is 11.2. The van der Waals surface area contributed by atoms with Crippen LogP contribution in [0.4, 0.5) is 0 Å². The fourth-order valence-corrected chi connectivity index (χ4v) is 4.58. The van der Waals surface area contributed by atoms with Crippen molar-refractivity contribution in [3.63, 3.8) is 0 Å². The highest BCUT2D eigenvalue weighted by molar-refractivity contribution is 6.46. The summed E-state index contributed by atoms with van der Waals surface area (Å²) in [7, 11) is 0. The molecule has 1 heterocycles. The van der Waals surface area contributed by atoms with Gasteiger partial charge in [0.1, 0.15) is 17.3 Å². The molecule has 168 valence electrons. The predicted molar refractivity (Wildman–Crippen MR) is 121 cm³/mol. The number of ketones is 1. The molecule has 1 saturated heterocycles. The Balaban J connectivity index is 1.81. The van der Waals surface area contributed by atoms with Crippen molar-refractivity contribution in [3.8, 4) is 11.5 Å². The zero-order valence-electron chi connectivity index (χ0n) is 18.5. The molecule has 0 bridgehead atoms. The molecule has 4 rings (SSSR count). The molecule has 6 heteroatoms. The highest BCUT2D eigenvalue weighted by Crippen LogP contribution is 2.44. The lowest BCUT2D eigenvalue weighted by Gasteiger charge is -2.30. The Hall–Kier alpha value is -3.28. The summed E-state index contributed by atoms with van der Waals surface area (Å²) in [6, 6.07) is 12.7. The van der Waals surface area contributed by atoms with Crippen LogP contribution in [-0.2, 0) is 9.59 Å². The average Bonchev–Trinajstić information content (AvgIpc) is 3.39. The van der Waals surface area contributed by atoms with E-state index >= 15 is 0 Å². The average molecular weight is 436 g/mol. The number of phenolic OH excluding ortho intramolecular Hbond substituents is 1. The topological polar surface area (TPSA) is 87.1 Å². The van der Waals surface area contributed by atoms with Gasteiger partial charge in [0, 0.05) is 11.6 Å². The molecule has 32 heavy (non-hydrogen) atoms. The molecule has 2 fully saturated rings. The van der Waals surface area contributed by atoms with E-state index in [1.807, 2.05) is 13.8 Å². The van der Waals surface area contributed by atoms with E-state index in [2.05, 4.69) is 0 Å². The minimum Gasteiger partial charge on any atom is -0.508 e. The van der Waals surface area contributed by atoms with E-state index in [-0.39, 0.29) is 23.1 Å². The lowest BCUT2D eigenvalue weighted by molar-refractivity contribution is -0.141. The van der Waals surface area contributed by atoms with Gasteiger partial charge >= 0.3 is 0 Å². The van der Waals surface area contributed by atoms with Gasteiger partial charge in [-0.15, -0.1) is 0 Å². The first-order valence-electron chi connectivity index (χ1n) is 11.2. The maximum Gasteiger partial charge on any atom is 0.295 e. The highest BCUT2D eigenvalue weighted by atomic mass is 16.5. The second kappa shape index (κ2) is 9.07. The lowest BCUT2D eigenvalue weighted by atomic mass is 9.94. The van der Waals surface area contributed by atoms with Crippen LogP contribution in [0, 0.1) is 5.92 Å². The van der Waals surface area contributed by atoms with E-state index in [0.29, 0.717) is 29.4 Å². The second-order valence-corrected chi connectivity index (χ2v) is 8.97. The minimum atomic E-state index is -0.745. The summed E-state index contributed by atoms with van der Waals surface area (Å²) in [4.78, 5) is 27.9. The van der Waals surface area contributed by atoms with Crippen molar-refractivity contribution in [1.29, 1.82) is 0 Å². The molecule has 2 aromatic carbocycles. The molecule has 1 atom stereocenters. The third-order valence-corrected chi connectivity index (χ3v) is 6.07. The van der Waals surface area contributed by atoms with Crippen LogP contribution >= 0.6 is 0 Å². The maximum absolute atomic E-state index is 13.2. The molecule has 2 aliphatic rings. The quantitative estimate of drug-likeness (QED) is 0.387. The molecular formula is C26H29NO5. The zero-order chi connectivity index (χ0) is 22.8. The van der Waals surface area contributed by atoms with Gasteiger partial charge in [0.05, 0.1) is 18.2 Å². The number of benzene rings is 2. The summed E-state index contributed by atoms with van der Waals surface area (Å²) in [5.74, 6) is -0.553. The standard InChI is InChI=1S/C26H29NO5/c1-16(2)15-32-21-12-6-8-18(14-21)24(29)22-23(17-7-5-11-20(28)13-17)27(26(31)25(22)30)19-9-3-4-10-19/h5-8,11-14,16,19,23,28-29H,3-4,9-10,15H2,1-2H3/b24-22-. The molecule has 1 aliphatic heterocycles. The number of aliphatic hydroxyl groups is 1. The Morgan fingerprint density at radius 1 is 1.09 bits per heavy atom. The van der Waals surface area contributed by atoms with Gasteiger partial charge in [0.15, 0.2) is 0 Å². The van der Waals surface area contributed by atoms with Crippen LogP contribution < -0.4 is 4.74 Å². The molecule has 6 nitrogen and oxygen atoms in total. The number of amides is 1. The molecule has 1 amide bonds. The van der Waals surface area contributed by atoms with Crippen LogP contribution in [0.15, 0.2) is 54.1 Å². The molecule has 1 aliphatic carbocycles. The fourth-order valence-electron chi connectivity index (χ4n) is 4.58. The molecular weight excluding hydrogens is 406 g/mol. The zero-order valence-corrected chi connectivity index (χ0v) is 18.5. The molecule has 1 unspecified atom stereocenters. The second-order valence-electron chi connectivity index (χ2n) is 8.97. The van der Waals surface area contributed by atoms with E-state index in [1.54, 1.807) is 53.4 Å². The molecule has 0 radical (unpaired) electrons. The van der Waals surface area contributed by atoms with Crippen molar-refractivity contribution in [1.82, 2.24) is 4.90 Å². The monoisotopic (exact) mass is 435 g/mol. The number of hydrogen-bond acceptors (Lipinski definition) is 5. The first kappa shape index (κ1) is 21.9. The number of hydrogen-bond donors (Lipinski definition) is 2. The van der Waals surface area contributed by atoms with Gasteiger partial charge in [-0.2, -0.15) is 0 Å². The molecule has 2 aromatic rings. The summed E-state index contributed by atoms with van der Waals surface area (Å²) in [5.41, 5.74) is 1.07. The van der Waals surface area contributed by atoms with Crippen LogP contribution in [0.5, 0.6) is 11.5 Å². The lowest BCUT2D eigenvalue weighted by Crippen LogP contribution is -2.37. The number of carbonyl (C=O) groups is 2. The van der Waals surface area contributed by atoms with Crippen LogP contribution in [0.3, 0.4) is 0 Å². The van der Waals surface area contributed by atoms with Gasteiger partial charge in [0.2, 0.25) is 0 Å². The predicted octanol–water partition coefficient (Wildman–Crippen LogP) is 4.79. The molecule has 2 N–H and O–H groups in total. The van der Waals surface area contributed by atoms with Gasteiger partial charge in [-0.05, 0) is 48.6 Å². The van der Waals surface area contributed by atoms with Crippen LogP contribution in [0.2, 0.25) is 0 Å². The summed E-state index contributed by atoms with van der Waals surface area (Å²) in [5, 5.41) is 21.3. The fraction of sp³-hybridized carbons (Fsp3) is 0.385. The number of aliphatic hydroxyl groups excluding tert-OH is 1. The maximum atomic E-state index is 13.2. The third kappa shape index (κ3) is 4.22. The minimum absolute atomic E-state index is 0.0450. The Morgan fingerprint density at radius 2 is 1.81 bits per heavy atom. The molecule has 0 spiro atoms. The summed E-state index contributed by atoms with van der Waals surface area (Å²) < 4.78 is 5.77. The van der Waals surface area contributed by atoms with E-state index in [9.17, 15) is 19.8 Å². The van der Waals surface area contributed by atoms with Crippen molar-refractivity contribution in [3.05, 3.63) is 65.2 Å². The summed E-state index contributed by atoms with van der Waals surface area (Å²) >= 11 is 0. The van der Waals surface area contributed by atoms with Crippen molar-refractivity contribution < 1.29 is 24.5 Å². The number of ether oxygens (including phenoxy) is 1. The Bertz CT molecular complexity index is 1050. The van der Waals surface area contributed by atoms with Gasteiger partial charge < -0.3 is 19.8 Å². The van der Waals surface area contributed by atoms with Crippen molar-refractivity contribution >= 4 is 17.4 Å². The van der Waals surface area contributed by atoms with Gasteiger partial charge in [-0.1, -0.05) is 51.0 Å². The third-order valence-electron chi connectivity index (χ3n) is 6.07. The number of Topliss-reactive ketones (excluding diaryl/α,β-unsaturated/α-hetero) is 1. The van der Waals surface area contributed by atoms with Crippen molar-refractivity contribution in [2.24, 2.45) is 5.92 Å². The van der Waals surface area contributed by atoms with E-state index in [4.69, 9.17) is 4.74 Å². The summed E-state index contributed by atoms with van der Waals surface area (Å²) in [6.45, 7) is 4.62. The largest absolute Gasteiger partial charge is 0.508 e. The van der Waals surface area contributed by atoms with Gasteiger partial charge in [-0.25, -0.2) is 0 Å². The van der Waals surface area contributed by atoms with Crippen LogP contribution in [0.1, 0.15) is 56.7 Å². The normalized spacial score (nSPS) is 21.0. The number of carbonyl (C=O) groups excluding carboxylic acids is 2. The van der Waals surface area contributed by atoms with Crippen molar-refractivity contribution in [2.45, 2.75) is 51.6 Å². The molecule has 0 aromatic heterocycles. The first-order chi connectivity index (χ1) is 15.4. The number of likely N-dealkylation sites (tertiary alicyclic amines) is 1. The molecule has 1 saturated carbocycles.